The first-order chi connectivity index (χ1) is 9.15. The molecular formula is C12H20N6O. The van der Waals surface area contributed by atoms with Crippen molar-refractivity contribution in [2.24, 2.45) is 0 Å². The highest BCUT2D eigenvalue weighted by Crippen LogP contribution is 2.24. The van der Waals surface area contributed by atoms with Crippen LogP contribution in [0.15, 0.2) is 0 Å². The third kappa shape index (κ3) is 2.70. The maximum absolute atomic E-state index is 5.78. The first-order valence-electron chi connectivity index (χ1n) is 6.77. The Morgan fingerprint density at radius 1 is 1.26 bits per heavy atom. The first-order valence-corrected chi connectivity index (χ1v) is 6.77. The number of nitrogens with zero attached hydrogens (tertiary/aromatic N) is 4. The first kappa shape index (κ1) is 12.4. The number of nitrogens with two attached hydrogens (primary N) is 1. The zero-order valence-electron chi connectivity index (χ0n) is 11.2. The summed E-state index contributed by atoms with van der Waals surface area (Å²) in [6.45, 7) is 5.52. The van der Waals surface area contributed by atoms with E-state index in [0.717, 1.165) is 26.1 Å². The van der Waals surface area contributed by atoms with E-state index in [-0.39, 0.29) is 11.5 Å². The van der Waals surface area contributed by atoms with E-state index in [0.29, 0.717) is 18.5 Å². The van der Waals surface area contributed by atoms with Crippen molar-refractivity contribution in [1.29, 1.82) is 0 Å². The minimum atomic E-state index is -0.115. The predicted octanol–water partition coefficient (Wildman–Crippen LogP) is 0.645. The van der Waals surface area contributed by atoms with Gasteiger partial charge in [-0.2, -0.15) is 15.0 Å². The van der Waals surface area contributed by atoms with Crippen molar-refractivity contribution in [3.63, 3.8) is 0 Å². The molecule has 0 spiro atoms. The molecule has 1 aromatic heterocycles. The number of aromatic nitrogens is 3. The Balaban J connectivity index is 1.80. The summed E-state index contributed by atoms with van der Waals surface area (Å²) in [5.41, 5.74) is 5.67. The highest BCUT2D eigenvalue weighted by atomic mass is 16.5. The van der Waals surface area contributed by atoms with Crippen molar-refractivity contribution >= 4 is 17.8 Å². The molecule has 2 aliphatic rings. The van der Waals surface area contributed by atoms with Crippen LogP contribution in [0.3, 0.4) is 0 Å². The third-order valence-corrected chi connectivity index (χ3v) is 3.66. The number of nitrogens with one attached hydrogen (secondary N) is 1. The summed E-state index contributed by atoms with van der Waals surface area (Å²) in [4.78, 5) is 15.0. The molecule has 3 rings (SSSR count). The monoisotopic (exact) mass is 264 g/mol. The van der Waals surface area contributed by atoms with Crippen LogP contribution in [0, 0.1) is 0 Å². The molecule has 104 valence electrons. The largest absolute Gasteiger partial charge is 0.379 e. The zero-order valence-corrected chi connectivity index (χ0v) is 11.2. The lowest BCUT2D eigenvalue weighted by Crippen LogP contribution is -2.36. The molecule has 2 fully saturated rings. The van der Waals surface area contributed by atoms with Crippen LogP contribution in [0.4, 0.5) is 17.8 Å². The molecule has 3 heterocycles. The van der Waals surface area contributed by atoms with Crippen LogP contribution in [0.5, 0.6) is 0 Å². The van der Waals surface area contributed by atoms with E-state index in [4.69, 9.17) is 10.5 Å². The van der Waals surface area contributed by atoms with Crippen molar-refractivity contribution < 1.29 is 4.74 Å². The Labute approximate surface area is 112 Å². The highest BCUT2D eigenvalue weighted by molar-refractivity contribution is 5.43. The fraction of sp³-hybridized carbons (Fsp3) is 0.750. The van der Waals surface area contributed by atoms with Crippen molar-refractivity contribution in [3.8, 4) is 0 Å². The van der Waals surface area contributed by atoms with Crippen LogP contribution >= 0.6 is 0 Å². The summed E-state index contributed by atoms with van der Waals surface area (Å²) >= 11 is 0. The molecule has 1 aromatic rings. The van der Waals surface area contributed by atoms with E-state index in [1.54, 1.807) is 0 Å². The number of anilines is 3. The number of rotatable bonds is 3. The summed E-state index contributed by atoms with van der Waals surface area (Å²) < 4.78 is 5.42. The van der Waals surface area contributed by atoms with E-state index in [1.165, 1.54) is 12.8 Å². The van der Waals surface area contributed by atoms with Gasteiger partial charge in [0.25, 0.3) is 0 Å². The Morgan fingerprint density at radius 2 is 2.05 bits per heavy atom. The number of ether oxygens (including phenoxy) is 1. The third-order valence-electron chi connectivity index (χ3n) is 3.66. The number of nitrogen functional groups attached to an aromatic ring is 1. The van der Waals surface area contributed by atoms with Gasteiger partial charge in [0.2, 0.25) is 17.8 Å². The quantitative estimate of drug-likeness (QED) is 0.828. The van der Waals surface area contributed by atoms with Gasteiger partial charge >= 0.3 is 0 Å². The lowest BCUT2D eigenvalue weighted by Gasteiger charge is -2.24. The van der Waals surface area contributed by atoms with Crippen LogP contribution < -0.4 is 16.0 Å². The van der Waals surface area contributed by atoms with Gasteiger partial charge in [-0.3, -0.25) is 0 Å². The summed E-state index contributed by atoms with van der Waals surface area (Å²) in [6.07, 6.45) is 3.30. The summed E-state index contributed by atoms with van der Waals surface area (Å²) in [5.74, 6) is 1.49. The molecule has 2 aliphatic heterocycles. The molecule has 19 heavy (non-hydrogen) atoms. The SMILES string of the molecule is CC1(Nc2nc(N)nc(N3CCCC3)n2)CCOC1. The van der Waals surface area contributed by atoms with Crippen molar-refractivity contribution in [2.75, 3.05) is 42.3 Å². The normalized spacial score (nSPS) is 26.9. The van der Waals surface area contributed by atoms with Crippen molar-refractivity contribution in [3.05, 3.63) is 0 Å². The Hall–Kier alpha value is -1.63. The van der Waals surface area contributed by atoms with Crippen LogP contribution in [-0.2, 0) is 4.74 Å². The summed E-state index contributed by atoms with van der Waals surface area (Å²) in [5, 5.41) is 3.33. The molecule has 2 saturated heterocycles. The molecular weight excluding hydrogens is 244 g/mol. The fourth-order valence-electron chi connectivity index (χ4n) is 2.53. The minimum Gasteiger partial charge on any atom is -0.379 e. The van der Waals surface area contributed by atoms with Crippen LogP contribution in [-0.4, -0.2) is 46.8 Å². The second-order valence-electron chi connectivity index (χ2n) is 5.50. The lowest BCUT2D eigenvalue weighted by molar-refractivity contribution is 0.185. The average molecular weight is 264 g/mol. The molecule has 0 aromatic carbocycles. The fourth-order valence-corrected chi connectivity index (χ4v) is 2.53. The molecule has 0 amide bonds. The van der Waals surface area contributed by atoms with Gasteiger partial charge in [0, 0.05) is 19.7 Å². The smallest absolute Gasteiger partial charge is 0.231 e. The Morgan fingerprint density at radius 3 is 2.74 bits per heavy atom. The Bertz CT molecular complexity index is 454. The van der Waals surface area contributed by atoms with E-state index in [1.807, 2.05) is 0 Å². The zero-order chi connectivity index (χ0) is 13.3. The van der Waals surface area contributed by atoms with Gasteiger partial charge < -0.3 is 20.7 Å². The van der Waals surface area contributed by atoms with Gasteiger partial charge in [0.1, 0.15) is 0 Å². The van der Waals surface area contributed by atoms with E-state index < -0.39 is 0 Å². The standard InChI is InChI=1S/C12H20N6O/c1-12(4-7-19-8-12)17-10-14-9(13)15-11(16-10)18-5-2-3-6-18/h2-8H2,1H3,(H3,13,14,15,16,17). The van der Waals surface area contributed by atoms with E-state index >= 15 is 0 Å². The average Bonchev–Trinajstić information content (AvgIpc) is 2.99. The molecule has 3 N–H and O–H groups in total. The highest BCUT2D eigenvalue weighted by Gasteiger charge is 2.30. The molecule has 1 atom stereocenters. The van der Waals surface area contributed by atoms with Gasteiger partial charge in [0.15, 0.2) is 0 Å². The van der Waals surface area contributed by atoms with Gasteiger partial charge in [-0.15, -0.1) is 0 Å². The molecule has 1 unspecified atom stereocenters. The summed E-state index contributed by atoms with van der Waals surface area (Å²) in [7, 11) is 0. The van der Waals surface area contributed by atoms with Crippen LogP contribution in [0.1, 0.15) is 26.2 Å². The summed E-state index contributed by atoms with van der Waals surface area (Å²) in [6, 6.07) is 0. The van der Waals surface area contributed by atoms with Crippen LogP contribution in [0.25, 0.3) is 0 Å². The van der Waals surface area contributed by atoms with Crippen molar-refractivity contribution in [2.45, 2.75) is 31.7 Å². The van der Waals surface area contributed by atoms with Gasteiger partial charge in [0.05, 0.1) is 12.1 Å². The van der Waals surface area contributed by atoms with Gasteiger partial charge in [-0.05, 0) is 26.2 Å². The molecule has 7 heteroatoms. The molecule has 0 radical (unpaired) electrons. The number of hydrogen-bond donors (Lipinski definition) is 2. The maximum Gasteiger partial charge on any atom is 0.231 e. The van der Waals surface area contributed by atoms with Gasteiger partial charge in [-0.1, -0.05) is 0 Å². The van der Waals surface area contributed by atoms with E-state index in [2.05, 4.69) is 32.1 Å². The topological polar surface area (TPSA) is 89.2 Å². The second-order valence-corrected chi connectivity index (χ2v) is 5.50. The van der Waals surface area contributed by atoms with Gasteiger partial charge in [-0.25, -0.2) is 0 Å². The van der Waals surface area contributed by atoms with Crippen LogP contribution in [0.2, 0.25) is 0 Å². The molecule has 0 aliphatic carbocycles. The number of hydrogen-bond acceptors (Lipinski definition) is 7. The predicted molar refractivity (Wildman–Crippen MR) is 73.2 cm³/mol. The lowest BCUT2D eigenvalue weighted by atomic mass is 10.0. The van der Waals surface area contributed by atoms with E-state index in [9.17, 15) is 0 Å². The second kappa shape index (κ2) is 4.80. The molecule has 0 bridgehead atoms. The Kier molecular flexibility index (Phi) is 3.14. The minimum absolute atomic E-state index is 0.115. The van der Waals surface area contributed by atoms with Crippen molar-refractivity contribution in [1.82, 2.24) is 15.0 Å². The maximum atomic E-state index is 5.78. The molecule has 7 nitrogen and oxygen atoms in total. The molecule has 0 saturated carbocycles.